The lowest BCUT2D eigenvalue weighted by atomic mass is 10.1. The van der Waals surface area contributed by atoms with E-state index in [1.165, 1.54) is 44.9 Å². The number of hydrogen-bond donors (Lipinski definition) is 0. The molecule has 0 bridgehead atoms. The molecule has 1 heterocycles. The van der Waals surface area contributed by atoms with Gasteiger partial charge in [-0.2, -0.15) is 0 Å². The van der Waals surface area contributed by atoms with E-state index < -0.39 is 5.97 Å². The molecule has 4 aromatic rings. The van der Waals surface area contributed by atoms with Crippen LogP contribution in [-0.2, 0) is 11.3 Å². The molecule has 0 spiro atoms. The Bertz CT molecular complexity index is 1480. The van der Waals surface area contributed by atoms with Crippen molar-refractivity contribution < 1.29 is 23.8 Å². The van der Waals surface area contributed by atoms with Crippen LogP contribution in [0.3, 0.4) is 0 Å². The second-order valence-corrected chi connectivity index (χ2v) is 11.6. The Morgan fingerprint density at radius 2 is 1.33 bits per heavy atom. The Balaban J connectivity index is 1.07. The van der Waals surface area contributed by atoms with Crippen LogP contribution in [-0.4, -0.2) is 30.2 Å². The van der Waals surface area contributed by atoms with Gasteiger partial charge in [-0.15, -0.1) is 0 Å². The van der Waals surface area contributed by atoms with Crippen LogP contribution < -0.4 is 9.47 Å². The van der Waals surface area contributed by atoms with Crippen molar-refractivity contribution in [2.45, 2.75) is 70.9 Å². The van der Waals surface area contributed by atoms with Crippen LogP contribution in [0.25, 0.3) is 11.1 Å². The number of hydrogen-bond acceptors (Lipinski definition) is 5. The molecule has 6 nitrogen and oxygen atoms in total. The molecule has 0 aliphatic carbocycles. The van der Waals surface area contributed by atoms with Crippen molar-refractivity contribution in [3.8, 4) is 22.6 Å². The van der Waals surface area contributed by atoms with Gasteiger partial charge in [0, 0.05) is 6.54 Å². The predicted molar refractivity (Wildman–Crippen MR) is 177 cm³/mol. The zero-order valence-electron chi connectivity index (χ0n) is 26.2. The molecule has 1 saturated heterocycles. The summed E-state index contributed by atoms with van der Waals surface area (Å²) in [6.07, 6.45) is 9.95. The van der Waals surface area contributed by atoms with E-state index in [-0.39, 0.29) is 12.1 Å². The lowest BCUT2D eigenvalue weighted by molar-refractivity contribution is 0.0734. The number of rotatable bonds is 16. The first-order valence-corrected chi connectivity index (χ1v) is 16.2. The monoisotopic (exact) mass is 605 g/mol. The summed E-state index contributed by atoms with van der Waals surface area (Å²) in [6, 6.07) is 32.5. The van der Waals surface area contributed by atoms with Gasteiger partial charge in [0.15, 0.2) is 0 Å². The zero-order chi connectivity index (χ0) is 31.3. The smallest absolute Gasteiger partial charge is 0.410 e. The van der Waals surface area contributed by atoms with E-state index in [9.17, 15) is 9.59 Å². The summed E-state index contributed by atoms with van der Waals surface area (Å²) >= 11 is 0. The summed E-state index contributed by atoms with van der Waals surface area (Å²) in [5.74, 6) is 0.924. The molecule has 234 valence electrons. The molecule has 1 fully saturated rings. The van der Waals surface area contributed by atoms with Gasteiger partial charge in [0.1, 0.15) is 18.1 Å². The van der Waals surface area contributed by atoms with Crippen LogP contribution in [0.1, 0.15) is 85.8 Å². The second kappa shape index (κ2) is 16.5. The Hall–Kier alpha value is -4.58. The fourth-order valence-electron chi connectivity index (χ4n) is 5.57. The standard InChI is InChI=1S/C39H43NO5/c1-2-3-4-5-6-7-8-12-27-43-35-23-19-31(20-24-35)32-21-25-36(26-22-32)45-38(41)34-17-15-30(16-18-34)28-40-37(29-44-39(40)42)33-13-10-9-11-14-33/h9-11,13-26,37H,2-8,12,27-29H2,1H3. The van der Waals surface area contributed by atoms with Gasteiger partial charge >= 0.3 is 12.1 Å². The normalized spacial score (nSPS) is 14.3. The fraction of sp³-hybridized carbons (Fsp3) is 0.333. The van der Waals surface area contributed by atoms with Gasteiger partial charge in [0.25, 0.3) is 0 Å². The maximum atomic E-state index is 12.8. The minimum Gasteiger partial charge on any atom is -0.494 e. The van der Waals surface area contributed by atoms with E-state index in [1.807, 2.05) is 66.7 Å². The van der Waals surface area contributed by atoms with E-state index in [4.69, 9.17) is 14.2 Å². The largest absolute Gasteiger partial charge is 0.494 e. The molecule has 6 heteroatoms. The fourth-order valence-corrected chi connectivity index (χ4v) is 5.57. The highest BCUT2D eigenvalue weighted by Gasteiger charge is 2.33. The average molecular weight is 606 g/mol. The van der Waals surface area contributed by atoms with Crippen LogP contribution >= 0.6 is 0 Å². The Morgan fingerprint density at radius 1 is 0.733 bits per heavy atom. The minimum atomic E-state index is -0.435. The molecule has 0 N–H and O–H groups in total. The molecule has 1 aliphatic heterocycles. The first kappa shape index (κ1) is 31.8. The lowest BCUT2D eigenvalue weighted by Gasteiger charge is -2.21. The number of nitrogens with zero attached hydrogens (tertiary/aromatic N) is 1. The van der Waals surface area contributed by atoms with Crippen LogP contribution in [0, 0.1) is 0 Å². The van der Waals surface area contributed by atoms with Crippen LogP contribution in [0.4, 0.5) is 4.79 Å². The van der Waals surface area contributed by atoms with Gasteiger partial charge in [-0.25, -0.2) is 9.59 Å². The number of amides is 1. The number of carbonyl (C=O) groups excluding carboxylic acids is 2. The molecule has 0 aromatic heterocycles. The zero-order valence-corrected chi connectivity index (χ0v) is 26.2. The number of carbonyl (C=O) groups is 2. The quantitative estimate of drug-likeness (QED) is 0.0723. The van der Waals surface area contributed by atoms with Gasteiger partial charge in [0.05, 0.1) is 18.2 Å². The van der Waals surface area contributed by atoms with Gasteiger partial charge in [0.2, 0.25) is 0 Å². The van der Waals surface area contributed by atoms with Crippen molar-refractivity contribution in [1.29, 1.82) is 0 Å². The summed E-state index contributed by atoms with van der Waals surface area (Å²) in [5.41, 5.74) is 4.47. The molecule has 0 saturated carbocycles. The van der Waals surface area contributed by atoms with Gasteiger partial charge in [-0.05, 0) is 65.1 Å². The molecule has 1 aliphatic rings. The predicted octanol–water partition coefficient (Wildman–Crippen LogP) is 9.79. The molecule has 4 aromatic carbocycles. The molecule has 0 radical (unpaired) electrons. The molecule has 45 heavy (non-hydrogen) atoms. The Kier molecular flexibility index (Phi) is 11.7. The third-order valence-electron chi connectivity index (χ3n) is 8.22. The summed E-state index contributed by atoms with van der Waals surface area (Å²) in [5, 5.41) is 0. The third-order valence-corrected chi connectivity index (χ3v) is 8.22. The van der Waals surface area contributed by atoms with E-state index in [0.29, 0.717) is 24.5 Å². The third kappa shape index (κ3) is 9.21. The first-order chi connectivity index (χ1) is 22.1. The number of benzene rings is 4. The van der Waals surface area contributed by atoms with Crippen molar-refractivity contribution >= 4 is 12.1 Å². The SMILES string of the molecule is CCCCCCCCCCOc1ccc(-c2ccc(OC(=O)c3ccc(CN4C(=O)OCC4c4ccccc4)cc3)cc2)cc1. The molecule has 5 rings (SSSR count). The van der Waals surface area contributed by atoms with E-state index in [2.05, 4.69) is 19.1 Å². The summed E-state index contributed by atoms with van der Waals surface area (Å²) < 4.78 is 16.9. The van der Waals surface area contributed by atoms with Crippen LogP contribution in [0.2, 0.25) is 0 Å². The highest BCUT2D eigenvalue weighted by atomic mass is 16.6. The molecular formula is C39H43NO5. The summed E-state index contributed by atoms with van der Waals surface area (Å²) in [4.78, 5) is 26.9. The van der Waals surface area contributed by atoms with E-state index in [1.54, 1.807) is 29.2 Å². The molecule has 1 atom stereocenters. The highest BCUT2D eigenvalue weighted by molar-refractivity contribution is 5.91. The Morgan fingerprint density at radius 3 is 1.98 bits per heavy atom. The van der Waals surface area contributed by atoms with Gasteiger partial charge < -0.3 is 14.2 Å². The summed E-state index contributed by atoms with van der Waals surface area (Å²) in [6.45, 7) is 3.72. The summed E-state index contributed by atoms with van der Waals surface area (Å²) in [7, 11) is 0. The van der Waals surface area contributed by atoms with Crippen molar-refractivity contribution in [3.05, 3.63) is 120 Å². The van der Waals surface area contributed by atoms with Crippen molar-refractivity contribution in [2.24, 2.45) is 0 Å². The first-order valence-electron chi connectivity index (χ1n) is 16.2. The number of ether oxygens (including phenoxy) is 3. The highest BCUT2D eigenvalue weighted by Crippen LogP contribution is 2.30. The van der Waals surface area contributed by atoms with Crippen LogP contribution in [0.15, 0.2) is 103 Å². The maximum Gasteiger partial charge on any atom is 0.410 e. The molecule has 1 unspecified atom stereocenters. The molecule has 1 amide bonds. The van der Waals surface area contributed by atoms with E-state index in [0.717, 1.165) is 41.0 Å². The van der Waals surface area contributed by atoms with Gasteiger partial charge in [-0.3, -0.25) is 4.90 Å². The van der Waals surface area contributed by atoms with Crippen molar-refractivity contribution in [1.82, 2.24) is 4.90 Å². The maximum absolute atomic E-state index is 12.8. The van der Waals surface area contributed by atoms with Crippen molar-refractivity contribution in [2.75, 3.05) is 13.2 Å². The molecular weight excluding hydrogens is 562 g/mol. The van der Waals surface area contributed by atoms with Gasteiger partial charge in [-0.1, -0.05) is 119 Å². The number of esters is 1. The number of unbranched alkanes of at least 4 members (excludes halogenated alkanes) is 7. The minimum absolute atomic E-state index is 0.137. The topological polar surface area (TPSA) is 65.1 Å². The number of cyclic esters (lactones) is 1. The Labute approximate surface area is 266 Å². The average Bonchev–Trinajstić information content (AvgIpc) is 3.44. The second-order valence-electron chi connectivity index (χ2n) is 11.6. The van der Waals surface area contributed by atoms with Crippen molar-refractivity contribution in [3.63, 3.8) is 0 Å². The lowest BCUT2D eigenvalue weighted by Crippen LogP contribution is -2.27. The van der Waals surface area contributed by atoms with Crippen LogP contribution in [0.5, 0.6) is 11.5 Å². The van der Waals surface area contributed by atoms with E-state index >= 15 is 0 Å².